The lowest BCUT2D eigenvalue weighted by atomic mass is 9.73. The van der Waals surface area contributed by atoms with Gasteiger partial charge in [0.2, 0.25) is 0 Å². The van der Waals surface area contributed by atoms with E-state index in [1.54, 1.807) is 0 Å². The molecule has 0 radical (unpaired) electrons. The maximum absolute atomic E-state index is 14.8. The molecular weight excluding hydrogens is 584 g/mol. The van der Waals surface area contributed by atoms with Gasteiger partial charge in [-0.05, 0) is 124 Å². The van der Waals surface area contributed by atoms with Crippen molar-refractivity contribution in [3.8, 4) is 5.75 Å². The van der Waals surface area contributed by atoms with E-state index >= 15 is 0 Å². The molecule has 2 aromatic carbocycles. The molecule has 1 aliphatic heterocycles. The lowest BCUT2D eigenvalue weighted by Crippen LogP contribution is -2.51. The van der Waals surface area contributed by atoms with Gasteiger partial charge in [0.25, 0.3) is 5.91 Å². The van der Waals surface area contributed by atoms with Crippen LogP contribution in [0.25, 0.3) is 0 Å². The topological polar surface area (TPSA) is 68.2 Å². The van der Waals surface area contributed by atoms with E-state index in [9.17, 15) is 9.59 Å². The van der Waals surface area contributed by atoms with Crippen molar-refractivity contribution in [3.05, 3.63) is 65.2 Å². The van der Waals surface area contributed by atoms with Crippen LogP contribution in [0.5, 0.6) is 5.75 Å². The van der Waals surface area contributed by atoms with Gasteiger partial charge in [-0.1, -0.05) is 72.7 Å². The Morgan fingerprint density at radius 2 is 1.57 bits per heavy atom. The highest BCUT2D eigenvalue weighted by Crippen LogP contribution is 2.58. The van der Waals surface area contributed by atoms with Crippen molar-refractivity contribution >= 4 is 17.6 Å². The average Bonchev–Trinajstić information content (AvgIpc) is 3.68. The van der Waals surface area contributed by atoms with E-state index in [4.69, 9.17) is 14.5 Å². The smallest absolute Gasteiger partial charge is 0.338 e. The second kappa shape index (κ2) is 13.4. The first-order valence-corrected chi connectivity index (χ1v) is 18.0. The summed E-state index contributed by atoms with van der Waals surface area (Å²) in [4.78, 5) is 35.1. The fraction of sp³-hybridized carbons (Fsp3) is 0.634. The summed E-state index contributed by atoms with van der Waals surface area (Å²) in [6.07, 6.45) is 9.04. The third kappa shape index (κ3) is 8.48. The number of aliphatic imine (C=N–C) groups is 1. The van der Waals surface area contributed by atoms with Crippen LogP contribution in [0.3, 0.4) is 0 Å². The summed E-state index contributed by atoms with van der Waals surface area (Å²) in [5.74, 6) is 1.13. The Morgan fingerprint density at radius 3 is 2.15 bits per heavy atom. The van der Waals surface area contributed by atoms with E-state index in [1.165, 1.54) is 12.8 Å². The maximum Gasteiger partial charge on any atom is 0.338 e. The van der Waals surface area contributed by atoms with Gasteiger partial charge < -0.3 is 14.4 Å². The molecule has 6 nitrogen and oxygen atoms in total. The van der Waals surface area contributed by atoms with Gasteiger partial charge in [0.15, 0.2) is 0 Å². The summed E-state index contributed by atoms with van der Waals surface area (Å²) >= 11 is 0. The molecule has 1 amide bonds. The van der Waals surface area contributed by atoms with Crippen LogP contribution >= 0.6 is 0 Å². The summed E-state index contributed by atoms with van der Waals surface area (Å²) in [6.45, 7) is 20.2. The summed E-state index contributed by atoms with van der Waals surface area (Å²) in [5.41, 5.74) is 3.06. The molecular formula is C41H58N2O4. The van der Waals surface area contributed by atoms with Crippen LogP contribution in [0, 0.1) is 22.2 Å². The van der Waals surface area contributed by atoms with E-state index < -0.39 is 5.66 Å². The van der Waals surface area contributed by atoms with E-state index in [0.29, 0.717) is 29.2 Å². The molecule has 2 fully saturated rings. The third-order valence-electron chi connectivity index (χ3n) is 10.6. The van der Waals surface area contributed by atoms with E-state index in [0.717, 1.165) is 61.8 Å². The van der Waals surface area contributed by atoms with Gasteiger partial charge in [0.1, 0.15) is 17.1 Å². The van der Waals surface area contributed by atoms with Crippen LogP contribution in [0.1, 0.15) is 148 Å². The van der Waals surface area contributed by atoms with Gasteiger partial charge in [-0.2, -0.15) is 0 Å². The van der Waals surface area contributed by atoms with Gasteiger partial charge in [0, 0.05) is 5.56 Å². The Morgan fingerprint density at radius 1 is 0.936 bits per heavy atom. The Labute approximate surface area is 283 Å². The predicted molar refractivity (Wildman–Crippen MR) is 190 cm³/mol. The summed E-state index contributed by atoms with van der Waals surface area (Å²) in [7, 11) is 0. The number of benzene rings is 2. The molecule has 0 N–H and O–H groups in total. The number of ether oxygens (including phenoxy) is 2. The van der Waals surface area contributed by atoms with E-state index in [-0.39, 0.29) is 34.9 Å². The quantitative estimate of drug-likeness (QED) is 0.229. The van der Waals surface area contributed by atoms with Crippen LogP contribution in [-0.2, 0) is 9.53 Å². The van der Waals surface area contributed by atoms with E-state index in [2.05, 4.69) is 53.4 Å². The number of hydrogen-bond acceptors (Lipinski definition) is 5. The van der Waals surface area contributed by atoms with Crippen molar-refractivity contribution in [2.45, 2.75) is 138 Å². The number of nitrogens with zero attached hydrogens (tertiary/aromatic N) is 2. The molecule has 47 heavy (non-hydrogen) atoms. The highest BCUT2D eigenvalue weighted by atomic mass is 16.5. The second-order valence-electron chi connectivity index (χ2n) is 17.4. The zero-order valence-electron chi connectivity index (χ0n) is 30.4. The Hall–Kier alpha value is -3.15. The number of hydrogen-bond donors (Lipinski definition) is 0. The molecule has 1 atom stereocenters. The zero-order valence-corrected chi connectivity index (χ0v) is 30.4. The molecule has 3 aliphatic rings. The predicted octanol–water partition coefficient (Wildman–Crippen LogP) is 9.95. The van der Waals surface area contributed by atoms with Crippen molar-refractivity contribution in [2.75, 3.05) is 6.61 Å². The molecule has 0 bridgehead atoms. The van der Waals surface area contributed by atoms with Crippen molar-refractivity contribution in [1.82, 2.24) is 4.90 Å². The first-order valence-electron chi connectivity index (χ1n) is 18.0. The zero-order chi connectivity index (χ0) is 34.2. The number of esters is 1. The Bertz CT molecular complexity index is 1450. The lowest BCUT2D eigenvalue weighted by molar-refractivity contribution is -0.133. The molecule has 6 heteroatoms. The normalized spacial score (nSPS) is 23.2. The van der Waals surface area contributed by atoms with Crippen LogP contribution in [0.4, 0.5) is 0 Å². The Kier molecular flexibility index (Phi) is 10.0. The first kappa shape index (κ1) is 35.2. The molecule has 0 aromatic heterocycles. The highest BCUT2D eigenvalue weighted by molar-refractivity contribution is 6.46. The third-order valence-corrected chi connectivity index (χ3v) is 10.6. The Balaban J connectivity index is 1.50. The molecule has 0 unspecified atom stereocenters. The monoisotopic (exact) mass is 642 g/mol. The van der Waals surface area contributed by atoms with Crippen LogP contribution in [0.2, 0.25) is 0 Å². The summed E-state index contributed by atoms with van der Waals surface area (Å²) in [6, 6.07) is 15.5. The highest BCUT2D eigenvalue weighted by Gasteiger charge is 2.55. The van der Waals surface area contributed by atoms with Gasteiger partial charge in [-0.15, -0.1) is 0 Å². The number of amides is 1. The molecule has 256 valence electrons. The van der Waals surface area contributed by atoms with Crippen molar-refractivity contribution in [2.24, 2.45) is 27.2 Å². The number of carbonyl (C=O) groups excluding carboxylic acids is 2. The largest absolute Gasteiger partial charge is 0.494 e. The minimum absolute atomic E-state index is 0.00451. The van der Waals surface area contributed by atoms with Crippen molar-refractivity contribution < 1.29 is 19.1 Å². The minimum Gasteiger partial charge on any atom is -0.494 e. The molecule has 0 saturated heterocycles. The average molecular weight is 643 g/mol. The summed E-state index contributed by atoms with van der Waals surface area (Å²) < 4.78 is 11.6. The SMILES string of the molecule is CC(C)OC(=O)c1ccc([C@@H](CCC(C)(C)C)N2C(=O)C(c3cccc(OCCC(C)(C)C)c3)=NC23CCC(C2(C)CC2)CC3)cc1. The van der Waals surface area contributed by atoms with Crippen molar-refractivity contribution in [3.63, 3.8) is 0 Å². The molecule has 5 rings (SSSR count). The molecule has 2 saturated carbocycles. The van der Waals surface area contributed by atoms with Crippen LogP contribution < -0.4 is 4.74 Å². The van der Waals surface area contributed by atoms with Gasteiger partial charge in [-0.25, -0.2) is 4.79 Å². The minimum atomic E-state index is -0.588. The van der Waals surface area contributed by atoms with E-state index in [1.807, 2.05) is 62.4 Å². The lowest BCUT2D eigenvalue weighted by Gasteiger charge is -2.46. The van der Waals surface area contributed by atoms with Crippen LogP contribution in [-0.4, -0.2) is 40.9 Å². The fourth-order valence-electron chi connectivity index (χ4n) is 7.31. The number of rotatable bonds is 11. The molecule has 2 aromatic rings. The molecule has 1 spiro atoms. The standard InChI is InChI=1S/C41H58N2O4/c1-28(2)47-37(45)30-15-13-29(14-16-30)34(19-20-38(3,4)5)43-36(44)35(31-11-10-12-33(27-31)46-26-25-39(6,7)8)42-41(43)21-17-32(18-22-41)40(9)23-24-40/h10-16,27-28,32,34H,17-26H2,1-9H3/t32?,34-,41?/m1/s1. The van der Waals surface area contributed by atoms with Crippen LogP contribution in [0.15, 0.2) is 53.5 Å². The van der Waals surface area contributed by atoms with Gasteiger partial charge in [0.05, 0.1) is 24.3 Å². The summed E-state index contributed by atoms with van der Waals surface area (Å²) in [5, 5.41) is 0. The fourth-order valence-corrected chi connectivity index (χ4v) is 7.31. The van der Waals surface area contributed by atoms with Gasteiger partial charge in [-0.3, -0.25) is 9.79 Å². The first-order chi connectivity index (χ1) is 22.0. The van der Waals surface area contributed by atoms with Crippen molar-refractivity contribution in [1.29, 1.82) is 0 Å². The number of carbonyl (C=O) groups is 2. The van der Waals surface area contributed by atoms with Gasteiger partial charge >= 0.3 is 5.97 Å². The maximum atomic E-state index is 14.8. The second-order valence-corrected chi connectivity index (χ2v) is 17.4. The molecule has 1 heterocycles. The molecule has 2 aliphatic carbocycles.